The molecule has 0 fully saturated rings. The SMILES string of the molecule is [CH]1C/C=C\C=C\CC/C=C/C=C/CC1. The van der Waals surface area contributed by atoms with Gasteiger partial charge in [0.2, 0.25) is 0 Å². The lowest BCUT2D eigenvalue weighted by Gasteiger charge is -1.92. The van der Waals surface area contributed by atoms with Crippen LogP contribution in [0.3, 0.4) is 0 Å². The molecule has 1 aliphatic carbocycles. The maximum Gasteiger partial charge on any atom is -0.0313 e. The van der Waals surface area contributed by atoms with Crippen molar-refractivity contribution in [2.75, 3.05) is 0 Å². The first kappa shape index (κ1) is 11.0. The van der Waals surface area contributed by atoms with Gasteiger partial charge in [-0.1, -0.05) is 48.6 Å². The molecular weight excluding hydrogens is 168 g/mol. The predicted molar refractivity (Wildman–Crippen MR) is 63.9 cm³/mol. The standard InChI is InChI=1S/C14H19/c1-2-4-6-8-10-12-14-13-11-9-7-5-3-1/h1-4,7,10,12-14H,5-6,8-9,11H2/b3-1-,4-2+,12-10+,14-13+. The molecule has 1 radical (unpaired) electrons. The fraction of sp³-hybridized carbons (Fsp3) is 0.357. The number of allylic oxidation sites excluding steroid dienone is 8. The van der Waals surface area contributed by atoms with Crippen LogP contribution in [-0.2, 0) is 0 Å². The highest BCUT2D eigenvalue weighted by molar-refractivity contribution is 5.07. The van der Waals surface area contributed by atoms with Crippen molar-refractivity contribution in [1.82, 2.24) is 0 Å². The molecule has 0 N–H and O–H groups in total. The van der Waals surface area contributed by atoms with Crippen molar-refractivity contribution < 1.29 is 0 Å². The summed E-state index contributed by atoms with van der Waals surface area (Å²) in [6, 6.07) is 0. The molecule has 0 unspecified atom stereocenters. The third kappa shape index (κ3) is 6.47. The number of hydrogen-bond donors (Lipinski definition) is 0. The molecule has 0 heterocycles. The Morgan fingerprint density at radius 1 is 0.500 bits per heavy atom. The summed E-state index contributed by atoms with van der Waals surface area (Å²) < 4.78 is 0. The van der Waals surface area contributed by atoms with Crippen LogP contribution in [0.2, 0.25) is 0 Å². The van der Waals surface area contributed by atoms with Crippen molar-refractivity contribution in [3.05, 3.63) is 55.0 Å². The maximum atomic E-state index is 2.32. The van der Waals surface area contributed by atoms with E-state index < -0.39 is 0 Å². The smallest absolute Gasteiger partial charge is 0.0313 e. The molecule has 0 spiro atoms. The van der Waals surface area contributed by atoms with Gasteiger partial charge in [0, 0.05) is 0 Å². The minimum atomic E-state index is 1.09. The van der Waals surface area contributed by atoms with E-state index in [2.05, 4.69) is 55.0 Å². The van der Waals surface area contributed by atoms with E-state index in [0.717, 1.165) is 25.7 Å². The lowest BCUT2D eigenvalue weighted by atomic mass is 10.1. The number of rotatable bonds is 0. The first-order chi connectivity index (χ1) is 7.00. The first-order valence-electron chi connectivity index (χ1n) is 5.45. The fourth-order valence-corrected chi connectivity index (χ4v) is 1.30. The Morgan fingerprint density at radius 2 is 1.00 bits per heavy atom. The highest BCUT2D eigenvalue weighted by Crippen LogP contribution is 2.02. The Kier molecular flexibility index (Phi) is 6.74. The number of hydrogen-bond acceptors (Lipinski definition) is 0. The van der Waals surface area contributed by atoms with Crippen LogP contribution < -0.4 is 0 Å². The van der Waals surface area contributed by atoms with Gasteiger partial charge in [-0.3, -0.25) is 0 Å². The Bertz CT molecular complexity index is 202. The van der Waals surface area contributed by atoms with Crippen LogP contribution in [0.5, 0.6) is 0 Å². The van der Waals surface area contributed by atoms with Gasteiger partial charge in [-0.05, 0) is 38.5 Å². The summed E-state index contributed by atoms with van der Waals surface area (Å²) in [5.74, 6) is 0. The Hall–Kier alpha value is -1.04. The zero-order chi connectivity index (χ0) is 9.90. The molecule has 0 saturated carbocycles. The molecule has 0 amide bonds. The van der Waals surface area contributed by atoms with E-state index in [1.807, 2.05) is 0 Å². The van der Waals surface area contributed by atoms with Crippen LogP contribution in [0.4, 0.5) is 0 Å². The Morgan fingerprint density at radius 3 is 1.64 bits per heavy atom. The summed E-state index contributed by atoms with van der Waals surface area (Å²) in [6.07, 6.45) is 25.5. The monoisotopic (exact) mass is 187 g/mol. The molecule has 0 nitrogen and oxygen atoms in total. The Labute approximate surface area is 87.7 Å². The molecular formula is C14H19. The van der Waals surface area contributed by atoms with E-state index in [1.165, 1.54) is 6.42 Å². The normalized spacial score (nSPS) is 28.6. The second kappa shape index (κ2) is 8.55. The van der Waals surface area contributed by atoms with Gasteiger partial charge in [0.15, 0.2) is 0 Å². The fourth-order valence-electron chi connectivity index (χ4n) is 1.30. The lowest BCUT2D eigenvalue weighted by molar-refractivity contribution is 0.933. The molecule has 75 valence electrons. The van der Waals surface area contributed by atoms with Gasteiger partial charge < -0.3 is 0 Å². The third-order valence-corrected chi connectivity index (χ3v) is 2.11. The van der Waals surface area contributed by atoms with Crippen LogP contribution in [-0.4, -0.2) is 0 Å². The average molecular weight is 187 g/mol. The van der Waals surface area contributed by atoms with Crippen LogP contribution >= 0.6 is 0 Å². The first-order valence-corrected chi connectivity index (χ1v) is 5.45. The van der Waals surface area contributed by atoms with Crippen molar-refractivity contribution in [1.29, 1.82) is 0 Å². The lowest BCUT2D eigenvalue weighted by Crippen LogP contribution is -1.73. The zero-order valence-electron chi connectivity index (χ0n) is 8.73. The summed E-state index contributed by atoms with van der Waals surface area (Å²) in [5.41, 5.74) is 0. The predicted octanol–water partition coefficient (Wildman–Crippen LogP) is 4.38. The average Bonchev–Trinajstić information content (AvgIpc) is 2.22. The third-order valence-electron chi connectivity index (χ3n) is 2.11. The highest BCUT2D eigenvalue weighted by atomic mass is 13.9. The summed E-state index contributed by atoms with van der Waals surface area (Å²) in [6.45, 7) is 0. The van der Waals surface area contributed by atoms with E-state index in [-0.39, 0.29) is 0 Å². The van der Waals surface area contributed by atoms with E-state index in [1.54, 1.807) is 0 Å². The summed E-state index contributed by atoms with van der Waals surface area (Å²) >= 11 is 0. The summed E-state index contributed by atoms with van der Waals surface area (Å²) in [5, 5.41) is 0. The molecule has 1 aliphatic rings. The summed E-state index contributed by atoms with van der Waals surface area (Å²) in [4.78, 5) is 0. The molecule has 0 aromatic heterocycles. The van der Waals surface area contributed by atoms with E-state index in [0.29, 0.717) is 0 Å². The van der Waals surface area contributed by atoms with Crippen LogP contribution in [0, 0.1) is 6.42 Å². The topological polar surface area (TPSA) is 0 Å². The summed E-state index contributed by atoms with van der Waals surface area (Å²) in [7, 11) is 0. The van der Waals surface area contributed by atoms with E-state index in [9.17, 15) is 0 Å². The molecule has 0 atom stereocenters. The maximum absolute atomic E-state index is 2.32. The van der Waals surface area contributed by atoms with Crippen molar-refractivity contribution >= 4 is 0 Å². The van der Waals surface area contributed by atoms with Crippen molar-refractivity contribution in [3.8, 4) is 0 Å². The van der Waals surface area contributed by atoms with E-state index >= 15 is 0 Å². The van der Waals surface area contributed by atoms with Gasteiger partial charge in [-0.25, -0.2) is 0 Å². The van der Waals surface area contributed by atoms with Crippen molar-refractivity contribution in [2.45, 2.75) is 32.1 Å². The largest absolute Gasteiger partial charge is 0.0845 e. The van der Waals surface area contributed by atoms with Gasteiger partial charge in [0.25, 0.3) is 0 Å². The molecule has 0 aliphatic heterocycles. The van der Waals surface area contributed by atoms with Gasteiger partial charge in [0.1, 0.15) is 0 Å². The van der Waals surface area contributed by atoms with Crippen LogP contribution in [0.1, 0.15) is 32.1 Å². The minimum absolute atomic E-state index is 1.09. The van der Waals surface area contributed by atoms with Gasteiger partial charge in [-0.15, -0.1) is 0 Å². The van der Waals surface area contributed by atoms with Gasteiger partial charge in [-0.2, -0.15) is 0 Å². The molecule has 0 aromatic carbocycles. The zero-order valence-corrected chi connectivity index (χ0v) is 8.73. The highest BCUT2D eigenvalue weighted by Gasteiger charge is 1.83. The molecule has 1 rings (SSSR count). The van der Waals surface area contributed by atoms with Crippen molar-refractivity contribution in [3.63, 3.8) is 0 Å². The molecule has 0 saturated heterocycles. The molecule has 0 aromatic rings. The minimum Gasteiger partial charge on any atom is -0.0845 e. The van der Waals surface area contributed by atoms with Gasteiger partial charge >= 0.3 is 0 Å². The second-order valence-corrected chi connectivity index (χ2v) is 3.39. The van der Waals surface area contributed by atoms with Crippen LogP contribution in [0.15, 0.2) is 48.6 Å². The van der Waals surface area contributed by atoms with E-state index in [4.69, 9.17) is 0 Å². The van der Waals surface area contributed by atoms with Crippen molar-refractivity contribution in [2.24, 2.45) is 0 Å². The van der Waals surface area contributed by atoms with Gasteiger partial charge in [0.05, 0.1) is 0 Å². The molecule has 0 bridgehead atoms. The molecule has 14 heavy (non-hydrogen) atoms. The Balaban J connectivity index is 2.34. The van der Waals surface area contributed by atoms with Crippen LogP contribution in [0.25, 0.3) is 0 Å². The second-order valence-electron chi connectivity index (χ2n) is 3.39. The quantitative estimate of drug-likeness (QED) is 0.528. The molecule has 0 heteroatoms.